The predicted octanol–water partition coefficient (Wildman–Crippen LogP) is 4.91. The van der Waals surface area contributed by atoms with Crippen molar-refractivity contribution in [2.24, 2.45) is 11.3 Å². The van der Waals surface area contributed by atoms with E-state index in [-0.39, 0.29) is 43.2 Å². The number of aliphatic hydroxyl groups is 1. The Morgan fingerprint density at radius 2 is 1.91 bits per heavy atom. The summed E-state index contributed by atoms with van der Waals surface area (Å²) in [5.41, 5.74) is 1.66. The number of amides is 2. The van der Waals surface area contributed by atoms with Crippen molar-refractivity contribution >= 4 is 26.4 Å². The summed E-state index contributed by atoms with van der Waals surface area (Å²) in [6, 6.07) is 15.4. The van der Waals surface area contributed by atoms with Gasteiger partial charge >= 0.3 is 11.8 Å². The summed E-state index contributed by atoms with van der Waals surface area (Å²) in [5.74, 6) is -1.28. The van der Waals surface area contributed by atoms with Crippen molar-refractivity contribution < 1.29 is 42.8 Å². The first kappa shape index (κ1) is 39.7. The molecular formula is C38H45FN5O8P. The van der Waals surface area contributed by atoms with Crippen LogP contribution in [0.5, 0.6) is 0 Å². The van der Waals surface area contributed by atoms with Crippen LogP contribution in [0.4, 0.5) is 14.0 Å². The summed E-state index contributed by atoms with van der Waals surface area (Å²) < 4.78 is 38.5. The average molecular weight is 750 g/mol. The number of rotatable bonds is 14. The predicted molar refractivity (Wildman–Crippen MR) is 194 cm³/mol. The molecule has 13 nitrogen and oxygen atoms in total. The Morgan fingerprint density at radius 3 is 2.57 bits per heavy atom. The minimum absolute atomic E-state index is 0.0859. The standard InChI is InChI=1S/C38H45FN5O8P/c1-38(2,3)33(43-36(47)49-4)34(46)42-30(17-23-7-10-25(11-8-23)26-6-5-14-41-19-26)31(45)21-44(20-27-12-9-24(18-40)16-29(27)39)53-37(48)52-32-22-51-35-28(32)13-15-50-35/h5-12,14,16,19,28,30-33,35,45,53H,13,15,17,20-22H2,1-4H3,(H,42,46)(H,43,47). The molecule has 3 heterocycles. The Balaban J connectivity index is 1.39. The molecule has 2 aromatic carbocycles. The summed E-state index contributed by atoms with van der Waals surface area (Å²) in [6.07, 6.45) is 1.30. The molecule has 2 aliphatic heterocycles. The lowest BCUT2D eigenvalue weighted by atomic mass is 9.85. The summed E-state index contributed by atoms with van der Waals surface area (Å²) in [5, 5.41) is 26.7. The number of hydrogen-bond donors (Lipinski definition) is 3. The summed E-state index contributed by atoms with van der Waals surface area (Å²) >= 11 is 0. The molecule has 2 aliphatic rings. The van der Waals surface area contributed by atoms with E-state index >= 15 is 4.39 Å². The number of nitrogens with one attached hydrogen (secondary N) is 2. The van der Waals surface area contributed by atoms with Crippen LogP contribution in [0.25, 0.3) is 11.1 Å². The van der Waals surface area contributed by atoms with Crippen LogP contribution in [0.3, 0.4) is 0 Å². The van der Waals surface area contributed by atoms with Crippen molar-refractivity contribution in [1.82, 2.24) is 20.3 Å². The van der Waals surface area contributed by atoms with Crippen LogP contribution in [0.1, 0.15) is 43.9 Å². The van der Waals surface area contributed by atoms with Gasteiger partial charge in [0.25, 0.3) is 0 Å². The number of pyridine rings is 1. The molecule has 53 heavy (non-hydrogen) atoms. The highest BCUT2D eigenvalue weighted by Gasteiger charge is 2.44. The van der Waals surface area contributed by atoms with Crippen LogP contribution in [-0.2, 0) is 36.7 Å². The number of carbonyl (C=O) groups is 3. The van der Waals surface area contributed by atoms with Gasteiger partial charge in [-0.3, -0.25) is 14.4 Å². The number of methoxy groups -OCH3 is 1. The van der Waals surface area contributed by atoms with Gasteiger partial charge in [-0.2, -0.15) is 5.26 Å². The monoisotopic (exact) mass is 749 g/mol. The fourth-order valence-corrected chi connectivity index (χ4v) is 7.31. The SMILES string of the molecule is COC(=O)NC(C(=O)NC(Cc1ccc(-c2cccnc2)cc1)C(O)CN(Cc1ccc(C#N)cc1F)PC(=O)OC1COC2OCCC12)C(C)(C)C. The second kappa shape index (κ2) is 18.0. The lowest BCUT2D eigenvalue weighted by Gasteiger charge is -2.34. The zero-order valence-corrected chi connectivity index (χ0v) is 31.1. The van der Waals surface area contributed by atoms with Gasteiger partial charge in [0, 0.05) is 31.0 Å². The number of aromatic nitrogens is 1. The first-order valence-electron chi connectivity index (χ1n) is 17.3. The van der Waals surface area contributed by atoms with Crippen LogP contribution in [0.15, 0.2) is 67.0 Å². The van der Waals surface area contributed by atoms with Gasteiger partial charge in [0.1, 0.15) is 18.0 Å². The Bertz CT molecular complexity index is 1770. The fraction of sp³-hybridized carbons (Fsp3) is 0.447. The minimum atomic E-state index is -1.29. The molecule has 2 amide bonds. The van der Waals surface area contributed by atoms with Gasteiger partial charge in [0.2, 0.25) is 5.91 Å². The Labute approximate surface area is 310 Å². The molecule has 7 atom stereocenters. The number of aliphatic hydroxyl groups excluding tert-OH is 1. The van der Waals surface area contributed by atoms with Crippen LogP contribution >= 0.6 is 8.73 Å². The number of fused-ring (bicyclic) bond motifs is 1. The lowest BCUT2D eigenvalue weighted by Crippen LogP contribution is -2.58. The van der Waals surface area contributed by atoms with Crippen molar-refractivity contribution in [1.29, 1.82) is 5.26 Å². The maximum absolute atomic E-state index is 15.2. The maximum Gasteiger partial charge on any atom is 0.407 e. The van der Waals surface area contributed by atoms with Crippen LogP contribution < -0.4 is 10.6 Å². The van der Waals surface area contributed by atoms with Gasteiger partial charge in [-0.1, -0.05) is 57.2 Å². The van der Waals surface area contributed by atoms with Gasteiger partial charge < -0.3 is 34.7 Å². The Kier molecular flexibility index (Phi) is 13.5. The molecule has 1 aromatic heterocycles. The van der Waals surface area contributed by atoms with Gasteiger partial charge in [-0.15, -0.1) is 0 Å². The molecule has 3 aromatic rings. The van der Waals surface area contributed by atoms with E-state index < -0.39 is 68.3 Å². The maximum atomic E-state index is 15.2. The van der Waals surface area contributed by atoms with Crippen LogP contribution in [0.2, 0.25) is 0 Å². The highest BCUT2D eigenvalue weighted by atomic mass is 31.1. The van der Waals surface area contributed by atoms with Crippen molar-refractivity contribution in [3.63, 3.8) is 0 Å². The Morgan fingerprint density at radius 1 is 1.13 bits per heavy atom. The van der Waals surface area contributed by atoms with Crippen molar-refractivity contribution in [2.45, 2.75) is 70.7 Å². The molecule has 7 unspecified atom stereocenters. The first-order chi connectivity index (χ1) is 25.3. The number of nitrogens with zero attached hydrogens (tertiary/aromatic N) is 3. The highest BCUT2D eigenvalue weighted by molar-refractivity contribution is 7.54. The quantitative estimate of drug-likeness (QED) is 0.191. The van der Waals surface area contributed by atoms with Crippen molar-refractivity contribution in [2.75, 3.05) is 26.9 Å². The molecule has 2 fully saturated rings. The molecule has 2 saturated heterocycles. The van der Waals surface area contributed by atoms with E-state index in [1.54, 1.807) is 37.8 Å². The van der Waals surface area contributed by atoms with E-state index in [2.05, 4.69) is 15.6 Å². The number of benzene rings is 2. The minimum Gasteiger partial charge on any atom is -0.456 e. The molecule has 0 spiro atoms. The molecule has 5 rings (SSSR count). The molecule has 0 bridgehead atoms. The second-order valence-corrected chi connectivity index (χ2v) is 15.4. The average Bonchev–Trinajstić information content (AvgIpc) is 3.76. The summed E-state index contributed by atoms with van der Waals surface area (Å²) in [7, 11) is 0.553. The molecule has 0 saturated carbocycles. The number of alkyl carbamates (subject to hydrolysis) is 1. The van der Waals surface area contributed by atoms with E-state index in [9.17, 15) is 24.8 Å². The van der Waals surface area contributed by atoms with E-state index in [1.807, 2.05) is 42.5 Å². The van der Waals surface area contributed by atoms with E-state index in [0.717, 1.165) is 22.8 Å². The number of nitriles is 1. The van der Waals surface area contributed by atoms with Crippen LogP contribution in [0, 0.1) is 28.5 Å². The number of halogens is 1. The lowest BCUT2D eigenvalue weighted by molar-refractivity contribution is -0.127. The third-order valence-corrected chi connectivity index (χ3v) is 10.2. The largest absolute Gasteiger partial charge is 0.456 e. The molecule has 282 valence electrons. The zero-order chi connectivity index (χ0) is 38.1. The fourth-order valence-electron chi connectivity index (χ4n) is 6.32. The summed E-state index contributed by atoms with van der Waals surface area (Å²) in [4.78, 5) is 43.6. The smallest absolute Gasteiger partial charge is 0.407 e. The third kappa shape index (κ3) is 10.8. The van der Waals surface area contributed by atoms with Crippen LogP contribution in [-0.4, -0.2) is 89.9 Å². The zero-order valence-electron chi connectivity index (χ0n) is 30.1. The van der Waals surface area contributed by atoms with Gasteiger partial charge in [0.05, 0.1) is 58.8 Å². The number of carbonyl (C=O) groups excluding carboxylic acids is 3. The van der Waals surface area contributed by atoms with Crippen molar-refractivity contribution in [3.05, 3.63) is 89.5 Å². The van der Waals surface area contributed by atoms with Gasteiger partial charge in [0.15, 0.2) is 6.29 Å². The third-order valence-electron chi connectivity index (χ3n) is 9.22. The van der Waals surface area contributed by atoms with E-state index in [0.29, 0.717) is 13.0 Å². The van der Waals surface area contributed by atoms with Gasteiger partial charge in [-0.05, 0) is 53.1 Å². The molecular weight excluding hydrogens is 704 g/mol. The molecule has 0 radical (unpaired) electrons. The topological polar surface area (TPSA) is 172 Å². The molecule has 3 N–H and O–H groups in total. The first-order valence-corrected chi connectivity index (χ1v) is 18.3. The second-order valence-electron chi connectivity index (χ2n) is 14.1. The number of ether oxygens (including phenoxy) is 4. The Hall–Kier alpha value is -4.51. The molecule has 0 aliphatic carbocycles. The summed E-state index contributed by atoms with van der Waals surface area (Å²) in [6.45, 7) is 5.77. The van der Waals surface area contributed by atoms with Crippen molar-refractivity contribution in [3.8, 4) is 17.2 Å². The number of hydrogen-bond acceptors (Lipinski definition) is 11. The molecule has 15 heteroatoms. The highest BCUT2D eigenvalue weighted by Crippen LogP contribution is 2.35. The van der Waals surface area contributed by atoms with E-state index in [4.69, 9.17) is 18.9 Å². The van der Waals surface area contributed by atoms with Gasteiger partial charge in [-0.25, -0.2) is 14.0 Å². The normalized spacial score (nSPS) is 20.0. The van der Waals surface area contributed by atoms with E-state index in [1.165, 1.54) is 19.2 Å².